The van der Waals surface area contributed by atoms with Gasteiger partial charge in [0.15, 0.2) is 5.65 Å². The number of fused-ring (bicyclic) bond motifs is 1. The molecule has 1 saturated heterocycles. The zero-order valence-corrected chi connectivity index (χ0v) is 15.3. The van der Waals surface area contributed by atoms with E-state index in [0.717, 1.165) is 31.5 Å². The number of nitrogens with one attached hydrogen (secondary N) is 2. The third-order valence-electron chi connectivity index (χ3n) is 4.66. The number of anilines is 1. The van der Waals surface area contributed by atoms with Gasteiger partial charge in [-0.25, -0.2) is 22.4 Å². The standard InChI is InChI=1S/C18H21N5O2S/c1-13-4-6-15(7-5-13)26(24,25)23-10-8-16-17(20-12-21-18(16)23)22-14-3-2-9-19-11-14/h4-8,10,12,14,19H,2-3,9,11H2,1H3,(H,20,21,22). The minimum absolute atomic E-state index is 0.241. The number of hydrogen-bond donors (Lipinski definition) is 2. The van der Waals surface area contributed by atoms with E-state index in [1.54, 1.807) is 36.5 Å². The molecule has 136 valence electrons. The highest BCUT2D eigenvalue weighted by molar-refractivity contribution is 7.90. The zero-order valence-electron chi connectivity index (χ0n) is 14.5. The van der Waals surface area contributed by atoms with Gasteiger partial charge in [0.2, 0.25) is 0 Å². The van der Waals surface area contributed by atoms with E-state index in [1.165, 1.54) is 10.3 Å². The van der Waals surface area contributed by atoms with Crippen molar-refractivity contribution in [2.24, 2.45) is 0 Å². The van der Waals surface area contributed by atoms with Crippen LogP contribution in [-0.4, -0.2) is 41.5 Å². The first-order chi connectivity index (χ1) is 12.6. The van der Waals surface area contributed by atoms with E-state index >= 15 is 0 Å². The second kappa shape index (κ2) is 6.69. The Hall–Kier alpha value is -2.45. The molecule has 4 rings (SSSR count). The second-order valence-electron chi connectivity index (χ2n) is 6.58. The Kier molecular flexibility index (Phi) is 4.37. The number of aryl methyl sites for hydroxylation is 1. The summed E-state index contributed by atoms with van der Waals surface area (Å²) in [7, 11) is -3.70. The van der Waals surface area contributed by atoms with Gasteiger partial charge >= 0.3 is 0 Å². The number of rotatable bonds is 4. The van der Waals surface area contributed by atoms with Gasteiger partial charge in [0.1, 0.15) is 12.1 Å². The fraction of sp³-hybridized carbons (Fsp3) is 0.333. The van der Waals surface area contributed by atoms with Crippen LogP contribution in [0.4, 0.5) is 5.82 Å². The normalized spacial score (nSPS) is 18.1. The van der Waals surface area contributed by atoms with Crippen molar-refractivity contribution >= 4 is 26.9 Å². The number of nitrogens with zero attached hydrogens (tertiary/aromatic N) is 3. The summed E-state index contributed by atoms with van der Waals surface area (Å²) < 4.78 is 27.2. The fourth-order valence-corrected chi connectivity index (χ4v) is 4.53. The third-order valence-corrected chi connectivity index (χ3v) is 6.34. The van der Waals surface area contributed by atoms with Crippen LogP contribution in [0.15, 0.2) is 47.8 Å². The molecule has 0 amide bonds. The summed E-state index contributed by atoms with van der Waals surface area (Å²) in [6.45, 7) is 3.82. The van der Waals surface area contributed by atoms with E-state index in [4.69, 9.17) is 0 Å². The molecule has 2 aromatic heterocycles. The van der Waals surface area contributed by atoms with Gasteiger partial charge in [0, 0.05) is 18.8 Å². The van der Waals surface area contributed by atoms with Gasteiger partial charge in [0.25, 0.3) is 10.0 Å². The number of piperidine rings is 1. The van der Waals surface area contributed by atoms with Crippen molar-refractivity contribution in [3.63, 3.8) is 0 Å². The summed E-state index contributed by atoms with van der Waals surface area (Å²) in [5.41, 5.74) is 1.39. The Morgan fingerprint density at radius 3 is 2.73 bits per heavy atom. The summed E-state index contributed by atoms with van der Waals surface area (Å²) in [6.07, 6.45) is 5.11. The first-order valence-electron chi connectivity index (χ1n) is 8.67. The summed E-state index contributed by atoms with van der Waals surface area (Å²) in [5, 5.41) is 7.47. The van der Waals surface area contributed by atoms with Gasteiger partial charge < -0.3 is 10.6 Å². The van der Waals surface area contributed by atoms with Crippen LogP contribution in [0.25, 0.3) is 11.0 Å². The molecule has 0 saturated carbocycles. The van der Waals surface area contributed by atoms with E-state index in [1.807, 2.05) is 6.92 Å². The molecule has 1 aliphatic rings. The molecule has 1 aromatic carbocycles. The SMILES string of the molecule is Cc1ccc(S(=O)(=O)n2ccc3c(NC4CCCNC4)ncnc32)cc1. The molecule has 1 fully saturated rings. The smallest absolute Gasteiger partial charge is 0.269 e. The molecular formula is C18H21N5O2S. The average Bonchev–Trinajstić information content (AvgIpc) is 3.09. The minimum atomic E-state index is -3.70. The van der Waals surface area contributed by atoms with Gasteiger partial charge in [-0.2, -0.15) is 0 Å². The van der Waals surface area contributed by atoms with Crippen molar-refractivity contribution in [3.05, 3.63) is 48.4 Å². The van der Waals surface area contributed by atoms with Gasteiger partial charge in [-0.15, -0.1) is 0 Å². The van der Waals surface area contributed by atoms with Crippen LogP contribution in [0.2, 0.25) is 0 Å². The van der Waals surface area contributed by atoms with E-state index in [-0.39, 0.29) is 10.9 Å². The number of benzene rings is 1. The monoisotopic (exact) mass is 371 g/mol. The molecule has 3 aromatic rings. The number of hydrogen-bond acceptors (Lipinski definition) is 6. The maximum atomic E-state index is 13.0. The van der Waals surface area contributed by atoms with Crippen molar-refractivity contribution in [2.45, 2.75) is 30.7 Å². The molecule has 1 aliphatic heterocycles. The molecule has 1 unspecified atom stereocenters. The molecule has 26 heavy (non-hydrogen) atoms. The highest BCUT2D eigenvalue weighted by Crippen LogP contribution is 2.25. The Balaban J connectivity index is 1.73. The van der Waals surface area contributed by atoms with Crippen LogP contribution in [0.1, 0.15) is 18.4 Å². The molecule has 8 heteroatoms. The highest BCUT2D eigenvalue weighted by Gasteiger charge is 2.22. The van der Waals surface area contributed by atoms with Gasteiger partial charge in [0.05, 0.1) is 10.3 Å². The van der Waals surface area contributed by atoms with Crippen LogP contribution in [0.3, 0.4) is 0 Å². The summed E-state index contributed by atoms with van der Waals surface area (Å²) in [5.74, 6) is 0.668. The minimum Gasteiger partial charge on any atom is -0.365 e. The average molecular weight is 371 g/mol. The summed E-state index contributed by atoms with van der Waals surface area (Å²) in [4.78, 5) is 8.78. The predicted molar refractivity (Wildman–Crippen MR) is 101 cm³/mol. The Morgan fingerprint density at radius 2 is 2.00 bits per heavy atom. The lowest BCUT2D eigenvalue weighted by Crippen LogP contribution is -2.38. The lowest BCUT2D eigenvalue weighted by atomic mass is 10.1. The van der Waals surface area contributed by atoms with Crippen molar-refractivity contribution in [2.75, 3.05) is 18.4 Å². The van der Waals surface area contributed by atoms with Gasteiger partial charge in [-0.1, -0.05) is 17.7 Å². The Labute approximate surface area is 152 Å². The Morgan fingerprint density at radius 1 is 1.19 bits per heavy atom. The maximum Gasteiger partial charge on any atom is 0.269 e. The summed E-state index contributed by atoms with van der Waals surface area (Å²) >= 11 is 0. The van der Waals surface area contributed by atoms with Crippen LogP contribution in [-0.2, 0) is 10.0 Å². The van der Waals surface area contributed by atoms with Crippen molar-refractivity contribution < 1.29 is 8.42 Å². The van der Waals surface area contributed by atoms with E-state index in [0.29, 0.717) is 16.9 Å². The molecule has 1 atom stereocenters. The van der Waals surface area contributed by atoms with Gasteiger partial charge in [-0.05, 0) is 44.5 Å². The van der Waals surface area contributed by atoms with Crippen molar-refractivity contribution in [3.8, 4) is 0 Å². The maximum absolute atomic E-state index is 13.0. The molecule has 0 radical (unpaired) electrons. The molecule has 2 N–H and O–H groups in total. The van der Waals surface area contributed by atoms with Crippen LogP contribution < -0.4 is 10.6 Å². The zero-order chi connectivity index (χ0) is 18.1. The highest BCUT2D eigenvalue weighted by atomic mass is 32.2. The van der Waals surface area contributed by atoms with E-state index in [2.05, 4.69) is 20.6 Å². The molecule has 0 aliphatic carbocycles. The number of aromatic nitrogens is 3. The van der Waals surface area contributed by atoms with Gasteiger partial charge in [-0.3, -0.25) is 0 Å². The lowest BCUT2D eigenvalue weighted by Gasteiger charge is -2.24. The molecule has 0 spiro atoms. The van der Waals surface area contributed by atoms with Crippen molar-refractivity contribution in [1.29, 1.82) is 0 Å². The quantitative estimate of drug-likeness (QED) is 0.730. The van der Waals surface area contributed by atoms with E-state index < -0.39 is 10.0 Å². The fourth-order valence-electron chi connectivity index (χ4n) is 3.23. The van der Waals surface area contributed by atoms with Crippen LogP contribution in [0, 0.1) is 6.92 Å². The van der Waals surface area contributed by atoms with Crippen LogP contribution in [0.5, 0.6) is 0 Å². The molecule has 3 heterocycles. The Bertz CT molecular complexity index is 1020. The largest absolute Gasteiger partial charge is 0.365 e. The third kappa shape index (κ3) is 3.06. The van der Waals surface area contributed by atoms with Crippen molar-refractivity contribution in [1.82, 2.24) is 19.3 Å². The lowest BCUT2D eigenvalue weighted by molar-refractivity contribution is 0.479. The summed E-state index contributed by atoms with van der Waals surface area (Å²) in [6, 6.07) is 8.83. The van der Waals surface area contributed by atoms with E-state index in [9.17, 15) is 8.42 Å². The molecular weight excluding hydrogens is 350 g/mol. The van der Waals surface area contributed by atoms with Crippen LogP contribution >= 0.6 is 0 Å². The topological polar surface area (TPSA) is 88.9 Å². The first-order valence-corrected chi connectivity index (χ1v) is 10.1. The molecule has 0 bridgehead atoms. The first kappa shape index (κ1) is 17.0. The predicted octanol–water partition coefficient (Wildman–Crippen LogP) is 2.14. The second-order valence-corrected chi connectivity index (χ2v) is 8.39. The molecule has 7 nitrogen and oxygen atoms in total.